The second-order valence-corrected chi connectivity index (χ2v) is 7.74. The highest BCUT2D eigenvalue weighted by Crippen LogP contribution is 2.16. The van der Waals surface area contributed by atoms with Gasteiger partial charge in [-0.3, -0.25) is 19.9 Å². The number of nitrogens with zero attached hydrogens (tertiary/aromatic N) is 2. The van der Waals surface area contributed by atoms with Crippen LogP contribution in [0.5, 0.6) is 0 Å². The van der Waals surface area contributed by atoms with Crippen molar-refractivity contribution < 1.29 is 14.3 Å². The van der Waals surface area contributed by atoms with E-state index < -0.39 is 11.4 Å². The first-order chi connectivity index (χ1) is 13.7. The minimum atomic E-state index is -0.615. The van der Waals surface area contributed by atoms with Gasteiger partial charge in [-0.1, -0.05) is 20.8 Å². The van der Waals surface area contributed by atoms with E-state index in [1.165, 1.54) is 7.11 Å². The summed E-state index contributed by atoms with van der Waals surface area (Å²) >= 11 is 0. The van der Waals surface area contributed by atoms with Crippen molar-refractivity contribution in [3.8, 4) is 0 Å². The molecule has 0 bridgehead atoms. The number of H-pyrrole nitrogens is 2. The Hall–Kier alpha value is -3.49. The van der Waals surface area contributed by atoms with Crippen LogP contribution < -0.4 is 10.9 Å². The van der Waals surface area contributed by atoms with Gasteiger partial charge in [0.2, 0.25) is 11.9 Å². The van der Waals surface area contributed by atoms with E-state index in [1.54, 1.807) is 45.3 Å². The standard InChI is InChI=1S/C20H23N5O4/c1-20(2,3)18(28)25-19-23-15-14(16(26)24-19)7-11(9-22-15)5-6-13-8-12(10-21-13)17(27)29-4/h7-10,21H,5-6H2,1-4H3,(H2,22,23,24,25,26,28). The second-order valence-electron chi connectivity index (χ2n) is 7.74. The highest BCUT2D eigenvalue weighted by Gasteiger charge is 2.22. The molecule has 0 aliphatic heterocycles. The molecule has 3 rings (SSSR count). The Bertz CT molecular complexity index is 1120. The molecule has 3 aromatic heterocycles. The van der Waals surface area contributed by atoms with Crippen LogP contribution in [0, 0.1) is 5.41 Å². The topological polar surface area (TPSA) is 130 Å². The van der Waals surface area contributed by atoms with Gasteiger partial charge in [0.05, 0.1) is 18.1 Å². The van der Waals surface area contributed by atoms with Crippen molar-refractivity contribution in [1.82, 2.24) is 19.9 Å². The summed E-state index contributed by atoms with van der Waals surface area (Å²) in [7, 11) is 1.33. The molecule has 3 aromatic rings. The lowest BCUT2D eigenvalue weighted by Crippen LogP contribution is -2.29. The second kappa shape index (κ2) is 7.86. The fourth-order valence-corrected chi connectivity index (χ4v) is 2.66. The minimum absolute atomic E-state index is 0.0735. The number of fused-ring (bicyclic) bond motifs is 1. The Kier molecular flexibility index (Phi) is 5.49. The van der Waals surface area contributed by atoms with Crippen LogP contribution in [0.4, 0.5) is 5.95 Å². The number of aromatic nitrogens is 4. The fourth-order valence-electron chi connectivity index (χ4n) is 2.66. The third-order valence-electron chi connectivity index (χ3n) is 4.38. The Balaban J connectivity index is 1.76. The van der Waals surface area contributed by atoms with Crippen molar-refractivity contribution in [2.24, 2.45) is 5.41 Å². The molecule has 0 unspecified atom stereocenters. The van der Waals surface area contributed by atoms with Crippen LogP contribution in [-0.4, -0.2) is 38.9 Å². The maximum atomic E-state index is 12.4. The van der Waals surface area contributed by atoms with Crippen LogP contribution in [0.15, 0.2) is 29.3 Å². The SMILES string of the molecule is COC(=O)c1c[nH]c(CCc2cnc3nc(NC(=O)C(C)(C)C)[nH]c(=O)c3c2)c1. The number of nitrogens with one attached hydrogen (secondary N) is 3. The molecule has 0 aromatic carbocycles. The molecule has 0 fully saturated rings. The number of carbonyl (C=O) groups excluding carboxylic acids is 2. The number of hydrogen-bond donors (Lipinski definition) is 3. The Morgan fingerprint density at radius 1 is 1.21 bits per heavy atom. The van der Waals surface area contributed by atoms with Gasteiger partial charge < -0.3 is 9.72 Å². The molecule has 9 nitrogen and oxygen atoms in total. The molecule has 0 aliphatic carbocycles. The summed E-state index contributed by atoms with van der Waals surface area (Å²) in [5, 5.41) is 2.95. The molecule has 9 heteroatoms. The highest BCUT2D eigenvalue weighted by molar-refractivity contribution is 5.93. The molecule has 1 amide bonds. The summed E-state index contributed by atoms with van der Waals surface area (Å²) in [6.45, 7) is 5.30. The van der Waals surface area contributed by atoms with Crippen molar-refractivity contribution >= 4 is 28.9 Å². The van der Waals surface area contributed by atoms with Gasteiger partial charge in [-0.25, -0.2) is 9.78 Å². The first kappa shape index (κ1) is 20.2. The van der Waals surface area contributed by atoms with E-state index in [9.17, 15) is 14.4 Å². The summed E-state index contributed by atoms with van der Waals surface area (Å²) in [5.74, 6) is -0.579. The molecular weight excluding hydrogens is 374 g/mol. The van der Waals surface area contributed by atoms with Crippen LogP contribution in [0.25, 0.3) is 11.0 Å². The normalized spacial score (nSPS) is 11.4. The van der Waals surface area contributed by atoms with Crippen LogP contribution in [0.3, 0.4) is 0 Å². The van der Waals surface area contributed by atoms with E-state index in [2.05, 4.69) is 30.0 Å². The maximum absolute atomic E-state index is 12.4. The fraction of sp³-hybridized carbons (Fsp3) is 0.350. The number of hydrogen-bond acceptors (Lipinski definition) is 6. The zero-order chi connectivity index (χ0) is 21.2. The monoisotopic (exact) mass is 397 g/mol. The Labute approximate surface area is 166 Å². The summed E-state index contributed by atoms with van der Waals surface area (Å²) in [6.07, 6.45) is 4.50. The van der Waals surface area contributed by atoms with Crippen LogP contribution in [-0.2, 0) is 22.4 Å². The van der Waals surface area contributed by atoms with Crippen LogP contribution in [0.1, 0.15) is 42.4 Å². The summed E-state index contributed by atoms with van der Waals surface area (Å²) in [6, 6.07) is 3.46. The molecule has 0 radical (unpaired) electrons. The molecule has 0 spiro atoms. The van der Waals surface area contributed by atoms with Crippen molar-refractivity contribution in [1.29, 1.82) is 0 Å². The lowest BCUT2D eigenvalue weighted by atomic mass is 9.96. The molecule has 3 N–H and O–H groups in total. The van der Waals surface area contributed by atoms with Gasteiger partial charge in [0, 0.05) is 23.5 Å². The summed E-state index contributed by atoms with van der Waals surface area (Å²) in [4.78, 5) is 50.1. The van der Waals surface area contributed by atoms with Gasteiger partial charge in [-0.2, -0.15) is 4.98 Å². The largest absolute Gasteiger partial charge is 0.465 e. The first-order valence-electron chi connectivity index (χ1n) is 9.13. The van der Waals surface area contributed by atoms with Gasteiger partial charge >= 0.3 is 5.97 Å². The first-order valence-corrected chi connectivity index (χ1v) is 9.13. The molecule has 0 saturated carbocycles. The summed E-state index contributed by atoms with van der Waals surface area (Å²) < 4.78 is 4.69. The predicted octanol–water partition coefficient (Wildman–Crippen LogP) is 2.20. The van der Waals surface area contributed by atoms with Gasteiger partial charge in [0.25, 0.3) is 5.56 Å². The van der Waals surface area contributed by atoms with Crippen molar-refractivity contribution in [3.63, 3.8) is 0 Å². The average molecular weight is 397 g/mol. The molecular formula is C20H23N5O4. The maximum Gasteiger partial charge on any atom is 0.339 e. The Morgan fingerprint density at radius 2 is 1.97 bits per heavy atom. The van der Waals surface area contributed by atoms with Gasteiger partial charge in [0.15, 0.2) is 5.65 Å². The summed E-state index contributed by atoms with van der Waals surface area (Å²) in [5.41, 5.74) is 1.46. The number of amides is 1. The number of ether oxygens (including phenoxy) is 1. The third-order valence-corrected chi connectivity index (χ3v) is 4.38. The number of aromatic amines is 2. The van der Waals surface area contributed by atoms with E-state index in [0.29, 0.717) is 23.8 Å². The number of aryl methyl sites for hydroxylation is 2. The smallest absolute Gasteiger partial charge is 0.339 e. The zero-order valence-corrected chi connectivity index (χ0v) is 16.8. The number of methoxy groups -OCH3 is 1. The number of anilines is 1. The highest BCUT2D eigenvalue weighted by atomic mass is 16.5. The quantitative estimate of drug-likeness (QED) is 0.566. The van der Waals surface area contributed by atoms with E-state index in [1.807, 2.05) is 0 Å². The van der Waals surface area contributed by atoms with E-state index >= 15 is 0 Å². The van der Waals surface area contributed by atoms with Gasteiger partial charge in [-0.05, 0) is 30.5 Å². The van der Waals surface area contributed by atoms with E-state index in [-0.39, 0.29) is 23.1 Å². The number of pyridine rings is 1. The van der Waals surface area contributed by atoms with Crippen molar-refractivity contribution in [2.75, 3.05) is 12.4 Å². The van der Waals surface area contributed by atoms with Gasteiger partial charge in [-0.15, -0.1) is 0 Å². The lowest BCUT2D eigenvalue weighted by Gasteiger charge is -2.16. The molecule has 0 atom stereocenters. The predicted molar refractivity (Wildman–Crippen MR) is 108 cm³/mol. The molecule has 29 heavy (non-hydrogen) atoms. The average Bonchev–Trinajstić information content (AvgIpc) is 3.14. The van der Waals surface area contributed by atoms with Crippen LogP contribution in [0.2, 0.25) is 0 Å². The van der Waals surface area contributed by atoms with Crippen LogP contribution >= 0.6 is 0 Å². The number of carbonyl (C=O) groups is 2. The molecule has 0 saturated heterocycles. The number of rotatable bonds is 5. The van der Waals surface area contributed by atoms with Gasteiger partial charge in [0.1, 0.15) is 0 Å². The van der Waals surface area contributed by atoms with E-state index in [4.69, 9.17) is 0 Å². The van der Waals surface area contributed by atoms with Crippen molar-refractivity contribution in [3.05, 3.63) is 51.7 Å². The Morgan fingerprint density at radius 3 is 2.66 bits per heavy atom. The number of esters is 1. The third kappa shape index (κ3) is 4.68. The van der Waals surface area contributed by atoms with E-state index in [0.717, 1.165) is 11.3 Å². The molecule has 0 aliphatic rings. The lowest BCUT2D eigenvalue weighted by molar-refractivity contribution is -0.123. The molecule has 3 heterocycles. The zero-order valence-electron chi connectivity index (χ0n) is 16.8. The van der Waals surface area contributed by atoms with Crippen molar-refractivity contribution in [2.45, 2.75) is 33.6 Å². The minimum Gasteiger partial charge on any atom is -0.465 e. The molecule has 152 valence electrons.